The normalized spacial score (nSPS) is 24.1. The van der Waals surface area contributed by atoms with Crippen molar-refractivity contribution in [3.05, 3.63) is 0 Å². The van der Waals surface area contributed by atoms with Gasteiger partial charge in [-0.25, -0.2) is 0 Å². The molecule has 0 spiro atoms. The molecular formula is C6H8INO4. The van der Waals surface area contributed by atoms with Gasteiger partial charge in [0.05, 0.1) is 0 Å². The molecule has 12 heavy (non-hydrogen) atoms. The van der Waals surface area contributed by atoms with Crippen LogP contribution >= 0.6 is 22.9 Å². The highest BCUT2D eigenvalue weighted by atomic mass is 127. The van der Waals surface area contributed by atoms with Crippen molar-refractivity contribution < 1.29 is 19.4 Å². The zero-order valence-corrected chi connectivity index (χ0v) is 8.35. The maximum atomic E-state index is 10.9. The summed E-state index contributed by atoms with van der Waals surface area (Å²) in [6.45, 7) is 0.254. The number of halogens is 1. The standard InChI is InChI=1S/C6H8INO4/c7-8-3-12-6(11)4(8)1-2-5(9)10/h4H,1-3H2,(H,9,10)/t4-/m0/s1. The third-order valence-electron chi connectivity index (χ3n) is 1.57. The van der Waals surface area contributed by atoms with Gasteiger partial charge in [0, 0.05) is 29.3 Å². The van der Waals surface area contributed by atoms with Crippen molar-refractivity contribution >= 4 is 34.8 Å². The van der Waals surface area contributed by atoms with Crippen LogP contribution in [0.5, 0.6) is 0 Å². The van der Waals surface area contributed by atoms with E-state index in [1.54, 1.807) is 3.11 Å². The first kappa shape index (κ1) is 9.72. The molecule has 0 radical (unpaired) electrons. The van der Waals surface area contributed by atoms with Crippen LogP contribution in [0.3, 0.4) is 0 Å². The van der Waals surface area contributed by atoms with Crippen molar-refractivity contribution in [2.24, 2.45) is 0 Å². The van der Waals surface area contributed by atoms with E-state index in [2.05, 4.69) is 0 Å². The number of ether oxygens (including phenoxy) is 1. The van der Waals surface area contributed by atoms with Crippen LogP contribution in [0.15, 0.2) is 0 Å². The number of rotatable bonds is 3. The number of esters is 1. The van der Waals surface area contributed by atoms with Crippen LogP contribution in [0, 0.1) is 0 Å². The quantitative estimate of drug-likeness (QED) is 0.461. The summed E-state index contributed by atoms with van der Waals surface area (Å²) in [7, 11) is 0. The van der Waals surface area contributed by atoms with E-state index < -0.39 is 5.97 Å². The fraction of sp³-hybridized carbons (Fsp3) is 0.667. The van der Waals surface area contributed by atoms with E-state index in [1.165, 1.54) is 0 Å². The molecule has 0 aliphatic carbocycles. The minimum absolute atomic E-state index is 0.000726. The largest absolute Gasteiger partial charge is 0.481 e. The van der Waals surface area contributed by atoms with Crippen LogP contribution in [-0.4, -0.2) is 32.9 Å². The Bertz CT molecular complexity index is 208. The van der Waals surface area contributed by atoms with Crippen molar-refractivity contribution in [3.8, 4) is 0 Å². The van der Waals surface area contributed by atoms with Crippen molar-refractivity contribution in [1.82, 2.24) is 3.11 Å². The zero-order valence-electron chi connectivity index (χ0n) is 6.20. The van der Waals surface area contributed by atoms with Gasteiger partial charge >= 0.3 is 11.9 Å². The van der Waals surface area contributed by atoms with Crippen LogP contribution < -0.4 is 0 Å². The molecule has 6 heteroatoms. The summed E-state index contributed by atoms with van der Waals surface area (Å²) in [5.41, 5.74) is 0. The molecule has 0 aromatic rings. The summed E-state index contributed by atoms with van der Waals surface area (Å²) in [6.07, 6.45) is 0.316. The maximum Gasteiger partial charge on any atom is 0.325 e. The molecule has 1 atom stereocenters. The fourth-order valence-corrected chi connectivity index (χ4v) is 1.59. The highest BCUT2D eigenvalue weighted by Gasteiger charge is 2.32. The second kappa shape index (κ2) is 4.04. The molecule has 0 saturated carbocycles. The molecule has 1 fully saturated rings. The fourth-order valence-electron chi connectivity index (χ4n) is 0.944. The first-order chi connectivity index (χ1) is 5.61. The highest BCUT2D eigenvalue weighted by Crippen LogP contribution is 2.19. The Morgan fingerprint density at radius 2 is 2.50 bits per heavy atom. The number of hydrogen-bond acceptors (Lipinski definition) is 4. The second-order valence-corrected chi connectivity index (χ2v) is 3.68. The van der Waals surface area contributed by atoms with E-state index in [-0.39, 0.29) is 25.2 Å². The van der Waals surface area contributed by atoms with Gasteiger partial charge in [-0.15, -0.1) is 0 Å². The van der Waals surface area contributed by atoms with Gasteiger partial charge in [0.25, 0.3) is 0 Å². The predicted octanol–water partition coefficient (Wildman–Crippen LogP) is 0.386. The van der Waals surface area contributed by atoms with Crippen LogP contribution in [0.25, 0.3) is 0 Å². The summed E-state index contributed by atoms with van der Waals surface area (Å²) < 4.78 is 6.37. The van der Waals surface area contributed by atoms with Crippen molar-refractivity contribution in [1.29, 1.82) is 0 Å². The minimum atomic E-state index is -0.889. The molecule has 0 bridgehead atoms. The van der Waals surface area contributed by atoms with Crippen LogP contribution in [-0.2, 0) is 14.3 Å². The Hall–Kier alpha value is -0.370. The molecule has 1 rings (SSSR count). The number of carbonyl (C=O) groups is 2. The SMILES string of the molecule is O=C(O)CC[C@H]1C(=O)OCN1I. The summed E-state index contributed by atoms with van der Waals surface area (Å²) in [6, 6.07) is -0.387. The number of cyclic esters (lactones) is 1. The van der Waals surface area contributed by atoms with Crippen LogP contribution in [0.1, 0.15) is 12.8 Å². The van der Waals surface area contributed by atoms with Gasteiger partial charge in [0.2, 0.25) is 0 Å². The van der Waals surface area contributed by atoms with Crippen LogP contribution in [0.4, 0.5) is 0 Å². The van der Waals surface area contributed by atoms with Crippen molar-refractivity contribution in [2.45, 2.75) is 18.9 Å². The van der Waals surface area contributed by atoms with E-state index in [0.29, 0.717) is 6.42 Å². The lowest BCUT2D eigenvalue weighted by Gasteiger charge is -2.09. The average Bonchev–Trinajstić information content (AvgIpc) is 2.28. The number of carbonyl (C=O) groups excluding carboxylic acids is 1. The molecule has 1 aliphatic heterocycles. The number of hydrogen-bond donors (Lipinski definition) is 1. The average molecular weight is 285 g/mol. The lowest BCUT2D eigenvalue weighted by atomic mass is 10.2. The molecule has 0 aromatic carbocycles. The zero-order chi connectivity index (χ0) is 9.14. The molecule has 0 aromatic heterocycles. The summed E-state index contributed by atoms with van der Waals surface area (Å²) >= 11 is 1.95. The van der Waals surface area contributed by atoms with Gasteiger partial charge in [-0.1, -0.05) is 0 Å². The van der Waals surface area contributed by atoms with Gasteiger partial charge < -0.3 is 9.84 Å². The van der Waals surface area contributed by atoms with E-state index in [9.17, 15) is 9.59 Å². The van der Waals surface area contributed by atoms with Crippen molar-refractivity contribution in [3.63, 3.8) is 0 Å². The Morgan fingerprint density at radius 3 is 2.92 bits per heavy atom. The Kier molecular flexibility index (Phi) is 3.27. The Morgan fingerprint density at radius 1 is 1.83 bits per heavy atom. The molecule has 0 amide bonds. The molecule has 68 valence electrons. The third kappa shape index (κ3) is 2.31. The van der Waals surface area contributed by atoms with E-state index in [4.69, 9.17) is 9.84 Å². The predicted molar refractivity (Wildman–Crippen MR) is 47.5 cm³/mol. The number of carboxylic acid groups (broad SMARTS) is 1. The number of carboxylic acids is 1. The van der Waals surface area contributed by atoms with Gasteiger partial charge in [0.1, 0.15) is 6.04 Å². The first-order valence-electron chi connectivity index (χ1n) is 3.42. The molecular weight excluding hydrogens is 277 g/mol. The first-order valence-corrected chi connectivity index (χ1v) is 4.38. The topological polar surface area (TPSA) is 66.8 Å². The van der Waals surface area contributed by atoms with E-state index >= 15 is 0 Å². The molecule has 5 nitrogen and oxygen atoms in total. The lowest BCUT2D eigenvalue weighted by molar-refractivity contribution is -0.139. The van der Waals surface area contributed by atoms with Gasteiger partial charge in [-0.3, -0.25) is 9.59 Å². The maximum absolute atomic E-state index is 10.9. The Balaban J connectivity index is 2.39. The lowest BCUT2D eigenvalue weighted by Crippen LogP contribution is -2.25. The highest BCUT2D eigenvalue weighted by molar-refractivity contribution is 14.1. The smallest absolute Gasteiger partial charge is 0.325 e. The minimum Gasteiger partial charge on any atom is -0.481 e. The van der Waals surface area contributed by atoms with Crippen molar-refractivity contribution in [2.75, 3.05) is 6.73 Å². The van der Waals surface area contributed by atoms with E-state index in [0.717, 1.165) is 0 Å². The number of aliphatic carboxylic acids is 1. The van der Waals surface area contributed by atoms with E-state index in [1.807, 2.05) is 22.9 Å². The third-order valence-corrected chi connectivity index (χ3v) is 2.52. The summed E-state index contributed by atoms with van der Waals surface area (Å²) in [5.74, 6) is -1.22. The molecule has 1 heterocycles. The molecule has 1 N–H and O–H groups in total. The summed E-state index contributed by atoms with van der Waals surface area (Å²) in [5, 5.41) is 8.37. The molecule has 1 saturated heterocycles. The van der Waals surface area contributed by atoms with Crippen LogP contribution in [0.2, 0.25) is 0 Å². The van der Waals surface area contributed by atoms with Gasteiger partial charge in [-0.2, -0.15) is 3.11 Å². The monoisotopic (exact) mass is 285 g/mol. The molecule has 0 unspecified atom stereocenters. The van der Waals surface area contributed by atoms with Gasteiger partial charge in [-0.05, 0) is 6.42 Å². The number of nitrogens with zero attached hydrogens (tertiary/aromatic N) is 1. The second-order valence-electron chi connectivity index (χ2n) is 2.44. The molecule has 1 aliphatic rings. The summed E-state index contributed by atoms with van der Waals surface area (Å²) in [4.78, 5) is 21.1. The van der Waals surface area contributed by atoms with Gasteiger partial charge in [0.15, 0.2) is 6.73 Å². The Labute approximate surface area is 83.2 Å².